The third-order valence-electron chi connectivity index (χ3n) is 2.15. The second-order valence-electron chi connectivity index (χ2n) is 4.90. The third-order valence-corrected chi connectivity index (χ3v) is 2.35. The fourth-order valence-electron chi connectivity index (χ4n) is 1.40. The van der Waals surface area contributed by atoms with E-state index in [4.69, 9.17) is 21.7 Å². The Bertz CT molecular complexity index is 427. The largest absolute Gasteiger partial charge is 0.497 e. The monoisotopic (exact) mass is 268 g/mol. The van der Waals surface area contributed by atoms with E-state index in [0.717, 1.165) is 11.4 Å². The van der Waals surface area contributed by atoms with Crippen LogP contribution in [-0.2, 0) is 0 Å². The molecule has 100 valence electrons. The average Bonchev–Trinajstić information content (AvgIpc) is 2.27. The zero-order valence-electron chi connectivity index (χ0n) is 11.5. The molecule has 4 nitrogen and oxygen atoms in total. The molecule has 1 aromatic carbocycles. The molecule has 0 saturated heterocycles. The van der Waals surface area contributed by atoms with Gasteiger partial charge in [-0.3, -0.25) is 0 Å². The van der Waals surface area contributed by atoms with Crippen LogP contribution in [-0.4, -0.2) is 24.9 Å². The lowest BCUT2D eigenvalue weighted by Gasteiger charge is -2.23. The Morgan fingerprint density at radius 3 is 2.33 bits per heavy atom. The molecule has 0 unspecified atom stereocenters. The van der Waals surface area contributed by atoms with Crippen molar-refractivity contribution in [3.8, 4) is 11.5 Å². The molecule has 0 saturated carbocycles. The number of hydrogen-bond acceptors (Lipinski definition) is 3. The van der Waals surface area contributed by atoms with Gasteiger partial charge in [-0.1, -0.05) is 0 Å². The molecule has 2 N–H and O–H groups in total. The van der Waals surface area contributed by atoms with Crippen LogP contribution in [0.2, 0.25) is 0 Å². The Kier molecular flexibility index (Phi) is 4.78. The zero-order valence-corrected chi connectivity index (χ0v) is 12.3. The topological polar surface area (TPSA) is 42.5 Å². The van der Waals surface area contributed by atoms with Gasteiger partial charge in [0.05, 0.1) is 19.9 Å². The van der Waals surface area contributed by atoms with Gasteiger partial charge in [-0.25, -0.2) is 0 Å². The maximum absolute atomic E-state index is 5.29. The molecular formula is C13H20N2O2S. The van der Waals surface area contributed by atoms with Crippen molar-refractivity contribution in [2.24, 2.45) is 0 Å². The molecule has 0 bridgehead atoms. The van der Waals surface area contributed by atoms with Crippen LogP contribution in [0.3, 0.4) is 0 Å². The number of ether oxygens (including phenoxy) is 2. The van der Waals surface area contributed by atoms with Crippen LogP contribution in [0.4, 0.5) is 5.69 Å². The predicted octanol–water partition coefficient (Wildman–Crippen LogP) is 2.79. The average molecular weight is 268 g/mol. The first kappa shape index (κ1) is 14.6. The van der Waals surface area contributed by atoms with E-state index >= 15 is 0 Å². The van der Waals surface area contributed by atoms with Crippen LogP contribution in [0.15, 0.2) is 18.2 Å². The lowest BCUT2D eigenvalue weighted by Crippen LogP contribution is -2.42. The number of nitrogens with one attached hydrogen (secondary N) is 2. The van der Waals surface area contributed by atoms with Crippen molar-refractivity contribution < 1.29 is 9.47 Å². The summed E-state index contributed by atoms with van der Waals surface area (Å²) < 4.78 is 10.4. The van der Waals surface area contributed by atoms with Crippen LogP contribution in [0.25, 0.3) is 0 Å². The summed E-state index contributed by atoms with van der Waals surface area (Å²) in [7, 11) is 3.23. The first-order valence-electron chi connectivity index (χ1n) is 5.67. The summed E-state index contributed by atoms with van der Waals surface area (Å²) in [5.41, 5.74) is 0.726. The van der Waals surface area contributed by atoms with Gasteiger partial charge in [0.2, 0.25) is 0 Å². The second kappa shape index (κ2) is 5.91. The minimum absolute atomic E-state index is 0.0796. The maximum atomic E-state index is 5.29. The van der Waals surface area contributed by atoms with Gasteiger partial charge in [0.15, 0.2) is 5.11 Å². The van der Waals surface area contributed by atoms with Crippen LogP contribution in [0.1, 0.15) is 20.8 Å². The number of methoxy groups -OCH3 is 2. The molecule has 0 fully saturated rings. The Labute approximate surface area is 114 Å². The Morgan fingerprint density at radius 1 is 1.17 bits per heavy atom. The molecule has 0 aliphatic carbocycles. The van der Waals surface area contributed by atoms with E-state index in [0.29, 0.717) is 10.9 Å². The van der Waals surface area contributed by atoms with Crippen LogP contribution in [0, 0.1) is 0 Å². The van der Waals surface area contributed by atoms with Crippen molar-refractivity contribution in [2.45, 2.75) is 26.3 Å². The number of benzene rings is 1. The van der Waals surface area contributed by atoms with E-state index in [9.17, 15) is 0 Å². The molecule has 0 aliphatic rings. The highest BCUT2D eigenvalue weighted by atomic mass is 32.1. The van der Waals surface area contributed by atoms with Crippen LogP contribution >= 0.6 is 12.2 Å². The second-order valence-corrected chi connectivity index (χ2v) is 5.30. The van der Waals surface area contributed by atoms with Crippen molar-refractivity contribution in [2.75, 3.05) is 19.5 Å². The van der Waals surface area contributed by atoms with E-state index in [1.54, 1.807) is 14.2 Å². The molecular weight excluding hydrogens is 248 g/mol. The van der Waals surface area contributed by atoms with Gasteiger partial charge < -0.3 is 20.1 Å². The molecule has 0 aromatic heterocycles. The van der Waals surface area contributed by atoms with Gasteiger partial charge in [-0.15, -0.1) is 0 Å². The fourth-order valence-corrected chi connectivity index (χ4v) is 1.81. The van der Waals surface area contributed by atoms with Crippen LogP contribution < -0.4 is 20.1 Å². The smallest absolute Gasteiger partial charge is 0.171 e. The van der Waals surface area contributed by atoms with E-state index in [1.165, 1.54) is 0 Å². The minimum Gasteiger partial charge on any atom is -0.497 e. The molecule has 0 atom stereocenters. The first-order valence-corrected chi connectivity index (χ1v) is 6.08. The summed E-state index contributed by atoms with van der Waals surface area (Å²) in [4.78, 5) is 0. The molecule has 0 radical (unpaired) electrons. The van der Waals surface area contributed by atoms with Crippen molar-refractivity contribution in [3.05, 3.63) is 18.2 Å². The highest BCUT2D eigenvalue weighted by Crippen LogP contribution is 2.28. The van der Waals surface area contributed by atoms with Gasteiger partial charge in [-0.05, 0) is 45.1 Å². The fraction of sp³-hybridized carbons (Fsp3) is 0.462. The summed E-state index contributed by atoms with van der Waals surface area (Å²) in [5, 5.41) is 6.85. The zero-order chi connectivity index (χ0) is 13.8. The van der Waals surface area contributed by atoms with Gasteiger partial charge >= 0.3 is 0 Å². The van der Waals surface area contributed by atoms with Gasteiger partial charge in [0, 0.05) is 11.6 Å². The lowest BCUT2D eigenvalue weighted by molar-refractivity contribution is 0.395. The molecule has 1 rings (SSSR count). The summed E-state index contributed by atoms with van der Waals surface area (Å²) >= 11 is 5.24. The molecule has 5 heteroatoms. The summed E-state index contributed by atoms with van der Waals surface area (Å²) in [5.74, 6) is 1.43. The van der Waals surface area contributed by atoms with Crippen molar-refractivity contribution in [1.29, 1.82) is 0 Å². The van der Waals surface area contributed by atoms with E-state index < -0.39 is 0 Å². The van der Waals surface area contributed by atoms with E-state index in [2.05, 4.69) is 10.6 Å². The standard InChI is InChI=1S/C13H20N2O2S/c1-13(2,3)15-12(18)14-10-7-6-9(16-4)8-11(10)17-5/h6-8H,1-5H3,(H2,14,15,18). The highest BCUT2D eigenvalue weighted by Gasteiger charge is 2.12. The molecule has 0 aliphatic heterocycles. The highest BCUT2D eigenvalue weighted by molar-refractivity contribution is 7.80. The molecule has 18 heavy (non-hydrogen) atoms. The van der Waals surface area contributed by atoms with E-state index in [-0.39, 0.29) is 5.54 Å². The van der Waals surface area contributed by atoms with Gasteiger partial charge in [0.25, 0.3) is 0 Å². The molecule has 0 amide bonds. The first-order chi connectivity index (χ1) is 8.35. The summed E-state index contributed by atoms with van der Waals surface area (Å²) in [6, 6.07) is 5.53. The third kappa shape index (κ3) is 4.41. The number of hydrogen-bond donors (Lipinski definition) is 2. The van der Waals surface area contributed by atoms with Gasteiger partial charge in [-0.2, -0.15) is 0 Å². The summed E-state index contributed by atoms with van der Waals surface area (Å²) in [6.07, 6.45) is 0. The van der Waals surface area contributed by atoms with Crippen LogP contribution in [0.5, 0.6) is 11.5 Å². The van der Waals surface area contributed by atoms with E-state index in [1.807, 2.05) is 39.0 Å². The molecule has 0 heterocycles. The Balaban J connectivity index is 2.81. The maximum Gasteiger partial charge on any atom is 0.171 e. The Morgan fingerprint density at radius 2 is 1.83 bits per heavy atom. The molecule has 1 aromatic rings. The quantitative estimate of drug-likeness (QED) is 0.825. The van der Waals surface area contributed by atoms with Crippen molar-refractivity contribution >= 4 is 23.0 Å². The minimum atomic E-state index is -0.0796. The normalized spacial score (nSPS) is 10.7. The predicted molar refractivity (Wildman–Crippen MR) is 78.7 cm³/mol. The lowest BCUT2D eigenvalue weighted by atomic mass is 10.1. The number of rotatable bonds is 3. The van der Waals surface area contributed by atoms with Gasteiger partial charge in [0.1, 0.15) is 11.5 Å². The Hall–Kier alpha value is -1.49. The SMILES string of the molecule is COc1ccc(NC(=S)NC(C)(C)C)c(OC)c1. The number of thiocarbonyl (C=S) groups is 1. The number of anilines is 1. The summed E-state index contributed by atoms with van der Waals surface area (Å²) in [6.45, 7) is 6.14. The molecule has 0 spiro atoms. The van der Waals surface area contributed by atoms with Crippen molar-refractivity contribution in [3.63, 3.8) is 0 Å². The van der Waals surface area contributed by atoms with Crippen molar-refractivity contribution in [1.82, 2.24) is 5.32 Å².